The van der Waals surface area contributed by atoms with Crippen molar-refractivity contribution < 1.29 is 0 Å². The van der Waals surface area contributed by atoms with E-state index in [4.69, 9.17) is 0 Å². The van der Waals surface area contributed by atoms with Crippen molar-refractivity contribution in [1.82, 2.24) is 25.3 Å². The maximum atomic E-state index is 4.09. The third kappa shape index (κ3) is 2.05. The summed E-state index contributed by atoms with van der Waals surface area (Å²) in [5.41, 5.74) is 2.89. The fourth-order valence-corrected chi connectivity index (χ4v) is 2.19. The summed E-state index contributed by atoms with van der Waals surface area (Å²) in [4.78, 5) is 5.28. The van der Waals surface area contributed by atoms with Gasteiger partial charge in [0, 0.05) is 18.1 Å². The van der Waals surface area contributed by atoms with E-state index >= 15 is 0 Å². The van der Waals surface area contributed by atoms with Gasteiger partial charge in [-0.15, -0.1) is 16.4 Å². The van der Waals surface area contributed by atoms with Crippen molar-refractivity contribution in [3.8, 4) is 0 Å². The Balaban J connectivity index is 2.32. The molecule has 6 heteroatoms. The van der Waals surface area contributed by atoms with Gasteiger partial charge in [-0.05, 0) is 6.54 Å². The molecule has 0 amide bonds. The summed E-state index contributed by atoms with van der Waals surface area (Å²) >= 11 is 1.64. The van der Waals surface area contributed by atoms with Crippen molar-refractivity contribution in [3.63, 3.8) is 0 Å². The van der Waals surface area contributed by atoms with Gasteiger partial charge in [-0.2, -0.15) is 0 Å². The Labute approximate surface area is 92.2 Å². The van der Waals surface area contributed by atoms with Crippen molar-refractivity contribution >= 4 is 11.3 Å². The number of thiazole rings is 1. The summed E-state index contributed by atoms with van der Waals surface area (Å²) < 4.78 is 1.78. The average Bonchev–Trinajstić information content (AvgIpc) is 2.85. The molecule has 15 heavy (non-hydrogen) atoms. The van der Waals surface area contributed by atoms with Crippen LogP contribution in [0, 0.1) is 0 Å². The highest BCUT2D eigenvalue weighted by atomic mass is 32.1. The molecule has 2 aromatic rings. The highest BCUT2D eigenvalue weighted by Gasteiger charge is 2.17. The molecule has 0 aliphatic heterocycles. The van der Waals surface area contributed by atoms with Gasteiger partial charge < -0.3 is 5.32 Å². The molecule has 1 atom stereocenters. The number of aryl methyl sites for hydroxylation is 1. The van der Waals surface area contributed by atoms with Crippen LogP contribution in [0.25, 0.3) is 0 Å². The van der Waals surface area contributed by atoms with Crippen LogP contribution < -0.4 is 5.32 Å². The fourth-order valence-electron chi connectivity index (χ4n) is 1.48. The van der Waals surface area contributed by atoms with Crippen LogP contribution in [-0.4, -0.2) is 26.5 Å². The topological polar surface area (TPSA) is 55.6 Å². The van der Waals surface area contributed by atoms with Crippen LogP contribution in [0.2, 0.25) is 0 Å². The first-order valence-electron chi connectivity index (χ1n) is 4.79. The Morgan fingerprint density at radius 3 is 2.93 bits per heavy atom. The lowest BCUT2D eigenvalue weighted by molar-refractivity contribution is 0.574. The summed E-state index contributed by atoms with van der Waals surface area (Å²) in [5, 5.41) is 11.2. The van der Waals surface area contributed by atoms with Crippen LogP contribution in [0.3, 0.4) is 0 Å². The summed E-state index contributed by atoms with van der Waals surface area (Å²) in [6, 6.07) is 0.141. The normalized spacial score (nSPS) is 12.9. The molecule has 2 rings (SSSR count). The molecule has 1 N–H and O–H groups in total. The first kappa shape index (κ1) is 10.3. The molecule has 5 nitrogen and oxygen atoms in total. The quantitative estimate of drug-likeness (QED) is 0.839. The van der Waals surface area contributed by atoms with Crippen molar-refractivity contribution in [2.75, 3.05) is 6.54 Å². The minimum Gasteiger partial charge on any atom is -0.304 e. The van der Waals surface area contributed by atoms with Crippen LogP contribution >= 0.6 is 11.3 Å². The second-order valence-electron chi connectivity index (χ2n) is 3.18. The molecule has 2 aromatic heterocycles. The molecule has 0 aliphatic carbocycles. The van der Waals surface area contributed by atoms with Gasteiger partial charge in [-0.1, -0.05) is 12.1 Å². The molecule has 2 heterocycles. The number of nitrogens with zero attached hydrogens (tertiary/aromatic N) is 4. The Bertz CT molecular complexity index is 408. The molecular weight excluding hydrogens is 210 g/mol. The third-order valence-corrected chi connectivity index (χ3v) is 3.03. The monoisotopic (exact) mass is 223 g/mol. The minimum absolute atomic E-state index is 0.141. The molecule has 0 bridgehead atoms. The molecule has 0 fully saturated rings. The van der Waals surface area contributed by atoms with Crippen LogP contribution in [0.4, 0.5) is 0 Å². The number of rotatable bonds is 4. The molecule has 0 saturated carbocycles. The number of hydrogen-bond acceptors (Lipinski definition) is 5. The summed E-state index contributed by atoms with van der Waals surface area (Å²) in [7, 11) is 1.90. The van der Waals surface area contributed by atoms with Crippen molar-refractivity contribution in [2.24, 2.45) is 7.05 Å². The van der Waals surface area contributed by atoms with E-state index in [0.717, 1.165) is 12.2 Å². The zero-order valence-corrected chi connectivity index (χ0v) is 9.53. The zero-order valence-electron chi connectivity index (χ0n) is 8.71. The van der Waals surface area contributed by atoms with Crippen LogP contribution in [0.1, 0.15) is 23.5 Å². The first-order valence-corrected chi connectivity index (χ1v) is 5.67. The predicted octanol–water partition coefficient (Wildman–Crippen LogP) is 0.971. The highest BCUT2D eigenvalue weighted by molar-refractivity contribution is 7.09. The molecule has 0 spiro atoms. The highest BCUT2D eigenvalue weighted by Crippen LogP contribution is 2.23. The lowest BCUT2D eigenvalue weighted by Gasteiger charge is -2.15. The molecular formula is C9H13N5S. The Hall–Kier alpha value is -1.27. The van der Waals surface area contributed by atoms with E-state index in [-0.39, 0.29) is 6.04 Å². The minimum atomic E-state index is 0.141. The van der Waals surface area contributed by atoms with E-state index in [9.17, 15) is 0 Å². The van der Waals surface area contributed by atoms with Crippen LogP contribution in [0.5, 0.6) is 0 Å². The molecule has 1 unspecified atom stereocenters. The van der Waals surface area contributed by atoms with E-state index in [1.165, 1.54) is 4.88 Å². The van der Waals surface area contributed by atoms with E-state index in [2.05, 4.69) is 27.5 Å². The Morgan fingerprint density at radius 2 is 2.40 bits per heavy atom. The number of nitrogens with one attached hydrogen (secondary N) is 1. The largest absolute Gasteiger partial charge is 0.304 e. The van der Waals surface area contributed by atoms with Gasteiger partial charge in [0.2, 0.25) is 0 Å². The van der Waals surface area contributed by atoms with Gasteiger partial charge in [-0.3, -0.25) is 9.67 Å². The van der Waals surface area contributed by atoms with Crippen molar-refractivity contribution in [1.29, 1.82) is 0 Å². The van der Waals surface area contributed by atoms with Gasteiger partial charge in [0.05, 0.1) is 23.4 Å². The van der Waals surface area contributed by atoms with E-state index in [1.807, 2.05) is 18.8 Å². The Morgan fingerprint density at radius 1 is 1.53 bits per heavy atom. The van der Waals surface area contributed by atoms with Gasteiger partial charge >= 0.3 is 0 Å². The molecule has 0 saturated heterocycles. The second-order valence-corrected chi connectivity index (χ2v) is 4.09. The Kier molecular flexibility index (Phi) is 3.08. The smallest absolute Gasteiger partial charge is 0.0874 e. The van der Waals surface area contributed by atoms with Crippen molar-refractivity contribution in [3.05, 3.63) is 28.5 Å². The second kappa shape index (κ2) is 4.50. The van der Waals surface area contributed by atoms with E-state index in [1.54, 1.807) is 22.2 Å². The van der Waals surface area contributed by atoms with Crippen molar-refractivity contribution in [2.45, 2.75) is 13.0 Å². The van der Waals surface area contributed by atoms with E-state index < -0.39 is 0 Å². The lowest BCUT2D eigenvalue weighted by Crippen LogP contribution is -2.23. The van der Waals surface area contributed by atoms with E-state index in [0.29, 0.717) is 0 Å². The maximum absolute atomic E-state index is 4.09. The summed E-state index contributed by atoms with van der Waals surface area (Å²) in [6.07, 6.45) is 3.66. The number of hydrogen-bond donors (Lipinski definition) is 1. The van der Waals surface area contributed by atoms with Gasteiger partial charge in [0.25, 0.3) is 0 Å². The standard InChI is InChI=1S/C9H13N5S/c1-3-11-9(8-5-10-6-15-8)7-4-12-13-14(7)2/h4-6,9,11H,3H2,1-2H3. The SMILES string of the molecule is CCNC(c1cncs1)c1cnnn1C. The van der Waals surface area contributed by atoms with Crippen LogP contribution in [0.15, 0.2) is 17.9 Å². The van der Waals surface area contributed by atoms with Gasteiger partial charge in [0.15, 0.2) is 0 Å². The maximum Gasteiger partial charge on any atom is 0.0874 e. The third-order valence-electron chi connectivity index (χ3n) is 2.19. The average molecular weight is 223 g/mol. The predicted molar refractivity (Wildman–Crippen MR) is 58.6 cm³/mol. The summed E-state index contributed by atoms with van der Waals surface area (Å²) in [6.45, 7) is 2.98. The molecule has 0 aliphatic rings. The molecule has 0 aromatic carbocycles. The first-order chi connectivity index (χ1) is 7.33. The van der Waals surface area contributed by atoms with Gasteiger partial charge in [-0.25, -0.2) is 0 Å². The van der Waals surface area contributed by atoms with Crippen LogP contribution in [-0.2, 0) is 7.05 Å². The number of aromatic nitrogens is 4. The zero-order chi connectivity index (χ0) is 10.7. The molecule has 0 radical (unpaired) electrons. The molecule has 80 valence electrons. The fraction of sp³-hybridized carbons (Fsp3) is 0.444. The summed E-state index contributed by atoms with van der Waals surface area (Å²) in [5.74, 6) is 0. The van der Waals surface area contributed by atoms with Gasteiger partial charge in [0.1, 0.15) is 0 Å². The lowest BCUT2D eigenvalue weighted by atomic mass is 10.2.